The Hall–Kier alpha value is -0.650. The zero-order valence-corrected chi connectivity index (χ0v) is 14.3. The van der Waals surface area contributed by atoms with Crippen molar-refractivity contribution in [1.82, 2.24) is 9.80 Å². The van der Waals surface area contributed by atoms with Crippen LogP contribution in [0.4, 0.5) is 0 Å². The SMILES string of the molecule is CC(C)OCC(O)CN1CCN(Cc2ccc(Cl)cc2)CC1. The van der Waals surface area contributed by atoms with Crippen molar-refractivity contribution < 1.29 is 9.84 Å². The summed E-state index contributed by atoms with van der Waals surface area (Å²) in [5.74, 6) is 0. The normalized spacial score (nSPS) is 18.8. The Bertz CT molecular complexity index is 431. The van der Waals surface area contributed by atoms with Crippen molar-refractivity contribution in [1.29, 1.82) is 0 Å². The number of aliphatic hydroxyl groups is 1. The van der Waals surface area contributed by atoms with E-state index in [0.717, 1.165) is 37.7 Å². The molecule has 0 saturated carbocycles. The van der Waals surface area contributed by atoms with Crippen LogP contribution in [0.2, 0.25) is 5.02 Å². The first kappa shape index (κ1) is 17.7. The molecule has 1 atom stereocenters. The maximum atomic E-state index is 9.98. The summed E-state index contributed by atoms with van der Waals surface area (Å²) < 4.78 is 5.46. The van der Waals surface area contributed by atoms with Crippen LogP contribution in [0.25, 0.3) is 0 Å². The quantitative estimate of drug-likeness (QED) is 0.833. The number of rotatable bonds is 7. The van der Waals surface area contributed by atoms with Gasteiger partial charge in [0.1, 0.15) is 0 Å². The lowest BCUT2D eigenvalue weighted by Gasteiger charge is -2.35. The lowest BCUT2D eigenvalue weighted by molar-refractivity contribution is -0.0148. The highest BCUT2D eigenvalue weighted by molar-refractivity contribution is 6.30. The summed E-state index contributed by atoms with van der Waals surface area (Å²) in [6.07, 6.45) is -0.226. The zero-order chi connectivity index (χ0) is 15.9. The number of hydrogen-bond donors (Lipinski definition) is 1. The van der Waals surface area contributed by atoms with E-state index in [9.17, 15) is 5.11 Å². The van der Waals surface area contributed by atoms with Gasteiger partial charge in [-0.05, 0) is 31.5 Å². The number of hydrogen-bond acceptors (Lipinski definition) is 4. The maximum Gasteiger partial charge on any atom is 0.0900 e. The maximum absolute atomic E-state index is 9.98. The molecule has 0 amide bonds. The van der Waals surface area contributed by atoms with Crippen molar-refractivity contribution in [3.63, 3.8) is 0 Å². The molecule has 1 aromatic rings. The summed E-state index contributed by atoms with van der Waals surface area (Å²) in [6, 6.07) is 8.06. The summed E-state index contributed by atoms with van der Waals surface area (Å²) in [7, 11) is 0. The number of nitrogens with zero attached hydrogens (tertiary/aromatic N) is 2. The number of ether oxygens (including phenoxy) is 1. The predicted molar refractivity (Wildman–Crippen MR) is 90.3 cm³/mol. The van der Waals surface area contributed by atoms with Crippen LogP contribution in [0.5, 0.6) is 0 Å². The largest absolute Gasteiger partial charge is 0.389 e. The van der Waals surface area contributed by atoms with E-state index in [-0.39, 0.29) is 6.10 Å². The summed E-state index contributed by atoms with van der Waals surface area (Å²) in [5, 5.41) is 10.8. The molecule has 1 N–H and O–H groups in total. The first-order valence-electron chi connectivity index (χ1n) is 8.02. The van der Waals surface area contributed by atoms with E-state index in [1.807, 2.05) is 26.0 Å². The van der Waals surface area contributed by atoms with Crippen LogP contribution in [-0.2, 0) is 11.3 Å². The molecule has 22 heavy (non-hydrogen) atoms. The Kier molecular flexibility index (Phi) is 7.12. The second-order valence-corrected chi connectivity index (χ2v) is 6.68. The first-order chi connectivity index (χ1) is 10.5. The van der Waals surface area contributed by atoms with Gasteiger partial charge in [0.2, 0.25) is 0 Å². The van der Waals surface area contributed by atoms with Crippen LogP contribution in [-0.4, -0.2) is 66.4 Å². The predicted octanol–water partition coefficient (Wildman–Crippen LogP) is 2.24. The topological polar surface area (TPSA) is 35.9 Å². The van der Waals surface area contributed by atoms with Crippen LogP contribution in [0.1, 0.15) is 19.4 Å². The minimum absolute atomic E-state index is 0.172. The Morgan fingerprint density at radius 2 is 1.68 bits per heavy atom. The third-order valence-electron chi connectivity index (χ3n) is 3.88. The summed E-state index contributed by atoms with van der Waals surface area (Å²) in [4.78, 5) is 4.75. The number of halogens is 1. The molecule has 1 fully saturated rings. The standard InChI is InChI=1S/C17H27ClN2O2/c1-14(2)22-13-17(21)12-20-9-7-19(8-10-20)11-15-3-5-16(18)6-4-15/h3-6,14,17,21H,7-13H2,1-2H3. The smallest absolute Gasteiger partial charge is 0.0900 e. The molecule has 0 spiro atoms. The first-order valence-corrected chi connectivity index (χ1v) is 8.39. The Balaban J connectivity index is 1.68. The van der Waals surface area contributed by atoms with Crippen molar-refractivity contribution in [2.45, 2.75) is 32.6 Å². The van der Waals surface area contributed by atoms with Crippen LogP contribution >= 0.6 is 11.6 Å². The second-order valence-electron chi connectivity index (χ2n) is 6.24. The number of β-amino-alcohol motifs (C(OH)–C–C–N with tert-alkyl or cyclic N) is 1. The van der Waals surface area contributed by atoms with Crippen LogP contribution in [0.15, 0.2) is 24.3 Å². The molecule has 1 aliphatic rings. The van der Waals surface area contributed by atoms with E-state index in [1.165, 1.54) is 5.56 Å². The molecular weight excluding hydrogens is 300 g/mol. The second kappa shape index (κ2) is 8.85. The van der Waals surface area contributed by atoms with Gasteiger partial charge in [-0.3, -0.25) is 9.80 Å². The van der Waals surface area contributed by atoms with Gasteiger partial charge in [0, 0.05) is 44.3 Å². The van der Waals surface area contributed by atoms with E-state index >= 15 is 0 Å². The molecule has 2 rings (SSSR count). The molecule has 5 heteroatoms. The van der Waals surface area contributed by atoms with Crippen molar-refractivity contribution >= 4 is 11.6 Å². The lowest BCUT2D eigenvalue weighted by atomic mass is 10.2. The van der Waals surface area contributed by atoms with Gasteiger partial charge in [-0.15, -0.1) is 0 Å². The molecule has 0 bridgehead atoms. The van der Waals surface area contributed by atoms with Gasteiger partial charge in [0.15, 0.2) is 0 Å². The molecule has 1 aromatic carbocycles. The molecule has 0 aromatic heterocycles. The molecule has 1 heterocycles. The van der Waals surface area contributed by atoms with Crippen LogP contribution < -0.4 is 0 Å². The highest BCUT2D eigenvalue weighted by Crippen LogP contribution is 2.13. The fraction of sp³-hybridized carbons (Fsp3) is 0.647. The van der Waals surface area contributed by atoms with Crippen molar-refractivity contribution in [3.8, 4) is 0 Å². The molecule has 1 unspecified atom stereocenters. The van der Waals surface area contributed by atoms with Crippen molar-refractivity contribution in [3.05, 3.63) is 34.9 Å². The lowest BCUT2D eigenvalue weighted by Crippen LogP contribution is -2.48. The third kappa shape index (κ3) is 6.23. The van der Waals surface area contributed by atoms with Gasteiger partial charge >= 0.3 is 0 Å². The van der Waals surface area contributed by atoms with Gasteiger partial charge in [0.05, 0.1) is 18.8 Å². The molecule has 124 valence electrons. The summed E-state index contributed by atoms with van der Waals surface area (Å²) in [6.45, 7) is 10.1. The Morgan fingerprint density at radius 1 is 1.09 bits per heavy atom. The fourth-order valence-electron chi connectivity index (χ4n) is 2.63. The van der Waals surface area contributed by atoms with E-state index in [1.54, 1.807) is 0 Å². The fourth-order valence-corrected chi connectivity index (χ4v) is 2.76. The molecular formula is C17H27ClN2O2. The third-order valence-corrected chi connectivity index (χ3v) is 4.13. The van der Waals surface area contributed by atoms with Gasteiger partial charge in [-0.2, -0.15) is 0 Å². The minimum atomic E-state index is -0.398. The minimum Gasteiger partial charge on any atom is -0.389 e. The van der Waals surface area contributed by atoms with Crippen molar-refractivity contribution in [2.75, 3.05) is 39.3 Å². The molecule has 0 radical (unpaired) electrons. The Labute approximate surface area is 138 Å². The van der Waals surface area contributed by atoms with Crippen LogP contribution in [0.3, 0.4) is 0 Å². The van der Waals surface area contributed by atoms with Gasteiger partial charge < -0.3 is 9.84 Å². The summed E-state index contributed by atoms with van der Waals surface area (Å²) in [5.41, 5.74) is 1.29. The highest BCUT2D eigenvalue weighted by atomic mass is 35.5. The number of benzene rings is 1. The van der Waals surface area contributed by atoms with Gasteiger partial charge in [0.25, 0.3) is 0 Å². The van der Waals surface area contributed by atoms with E-state index < -0.39 is 6.10 Å². The van der Waals surface area contributed by atoms with Crippen LogP contribution in [0, 0.1) is 0 Å². The molecule has 0 aliphatic carbocycles. The van der Waals surface area contributed by atoms with Gasteiger partial charge in [-0.25, -0.2) is 0 Å². The molecule has 1 aliphatic heterocycles. The average molecular weight is 327 g/mol. The number of aliphatic hydroxyl groups excluding tert-OH is 1. The van der Waals surface area contributed by atoms with E-state index in [0.29, 0.717) is 13.2 Å². The monoisotopic (exact) mass is 326 g/mol. The van der Waals surface area contributed by atoms with E-state index in [4.69, 9.17) is 16.3 Å². The van der Waals surface area contributed by atoms with E-state index in [2.05, 4.69) is 21.9 Å². The highest BCUT2D eigenvalue weighted by Gasteiger charge is 2.19. The molecule has 1 saturated heterocycles. The summed E-state index contributed by atoms with van der Waals surface area (Å²) >= 11 is 5.91. The molecule has 4 nitrogen and oxygen atoms in total. The van der Waals surface area contributed by atoms with Crippen molar-refractivity contribution in [2.24, 2.45) is 0 Å². The average Bonchev–Trinajstić information content (AvgIpc) is 2.49. The Morgan fingerprint density at radius 3 is 2.27 bits per heavy atom. The van der Waals surface area contributed by atoms with Gasteiger partial charge in [-0.1, -0.05) is 23.7 Å². The zero-order valence-electron chi connectivity index (χ0n) is 13.5. The number of piperazine rings is 1.